The van der Waals surface area contributed by atoms with Gasteiger partial charge in [0.25, 0.3) is 0 Å². The van der Waals surface area contributed by atoms with Gasteiger partial charge in [-0.3, -0.25) is 9.46 Å². The Morgan fingerprint density at radius 3 is 2.50 bits per heavy atom. The molecule has 0 aliphatic heterocycles. The van der Waals surface area contributed by atoms with E-state index in [1.54, 1.807) is 25.2 Å². The van der Waals surface area contributed by atoms with Crippen molar-refractivity contribution in [2.24, 2.45) is 0 Å². The molecule has 1 aliphatic rings. The predicted molar refractivity (Wildman–Crippen MR) is 113 cm³/mol. The van der Waals surface area contributed by atoms with Gasteiger partial charge in [0.15, 0.2) is 6.35 Å². The molecule has 0 radical (unpaired) electrons. The van der Waals surface area contributed by atoms with Gasteiger partial charge in [-0.2, -0.15) is 0 Å². The topological polar surface area (TPSA) is 60.9 Å². The molecular weight excluding hydrogens is 395 g/mol. The molecule has 28 heavy (non-hydrogen) atoms. The molecule has 1 aliphatic carbocycles. The molecule has 0 N–H and O–H groups in total. The van der Waals surface area contributed by atoms with Crippen molar-refractivity contribution < 1.29 is 18.3 Å². The SMILES string of the molecule is CCOP(=O)(COc1ccc(CN(CC)CC)c2c1-c1ncsc1C2)OCC. The van der Waals surface area contributed by atoms with E-state index in [4.69, 9.17) is 13.8 Å². The first-order valence-electron chi connectivity index (χ1n) is 9.85. The number of nitrogens with zero attached hydrogens (tertiary/aromatic N) is 2. The van der Waals surface area contributed by atoms with Crippen molar-refractivity contribution in [2.45, 2.75) is 40.7 Å². The summed E-state index contributed by atoms with van der Waals surface area (Å²) in [7, 11) is -3.27. The molecule has 0 saturated heterocycles. The van der Waals surface area contributed by atoms with Gasteiger partial charge in [0.05, 0.1) is 24.4 Å². The second-order valence-electron chi connectivity index (χ2n) is 6.56. The smallest absolute Gasteiger partial charge is 0.367 e. The number of benzene rings is 1. The molecule has 0 spiro atoms. The number of thiazole rings is 1. The number of hydrogen-bond donors (Lipinski definition) is 0. The van der Waals surface area contributed by atoms with Crippen LogP contribution in [0.5, 0.6) is 5.75 Å². The molecular formula is C20H29N2O4PS. The molecule has 0 fully saturated rings. The van der Waals surface area contributed by atoms with Crippen LogP contribution in [0.15, 0.2) is 17.6 Å². The summed E-state index contributed by atoms with van der Waals surface area (Å²) in [5.41, 5.74) is 6.45. The average molecular weight is 425 g/mol. The zero-order chi connectivity index (χ0) is 20.1. The van der Waals surface area contributed by atoms with E-state index in [1.807, 2.05) is 11.6 Å². The average Bonchev–Trinajstić information content (AvgIpc) is 3.27. The number of rotatable bonds is 11. The Bertz CT molecular complexity index is 841. The Hall–Kier alpha value is -1.24. The highest BCUT2D eigenvalue weighted by Crippen LogP contribution is 2.50. The van der Waals surface area contributed by atoms with Crippen molar-refractivity contribution in [1.82, 2.24) is 9.88 Å². The van der Waals surface area contributed by atoms with Gasteiger partial charge in [-0.15, -0.1) is 11.3 Å². The lowest BCUT2D eigenvalue weighted by atomic mass is 10.0. The molecule has 0 amide bonds. The molecule has 8 heteroatoms. The second-order valence-corrected chi connectivity index (χ2v) is 9.49. The minimum absolute atomic E-state index is 0.101. The molecule has 1 aromatic carbocycles. The lowest BCUT2D eigenvalue weighted by Gasteiger charge is -2.22. The molecule has 154 valence electrons. The highest BCUT2D eigenvalue weighted by atomic mass is 32.1. The van der Waals surface area contributed by atoms with Gasteiger partial charge in [-0.1, -0.05) is 19.9 Å². The number of fused-ring (bicyclic) bond motifs is 3. The molecule has 6 nitrogen and oxygen atoms in total. The van der Waals surface area contributed by atoms with E-state index in [9.17, 15) is 4.57 Å². The van der Waals surface area contributed by atoms with Crippen molar-refractivity contribution in [1.29, 1.82) is 0 Å². The van der Waals surface area contributed by atoms with Gasteiger partial charge >= 0.3 is 7.60 Å². The normalized spacial score (nSPS) is 13.0. The van der Waals surface area contributed by atoms with Crippen molar-refractivity contribution in [3.63, 3.8) is 0 Å². The third kappa shape index (κ3) is 4.50. The second kappa shape index (κ2) is 9.51. The van der Waals surface area contributed by atoms with Crippen LogP contribution in [-0.2, 0) is 26.6 Å². The minimum Gasteiger partial charge on any atom is -0.480 e. The van der Waals surface area contributed by atoms with Crippen molar-refractivity contribution in [3.8, 4) is 17.0 Å². The van der Waals surface area contributed by atoms with Crippen LogP contribution in [-0.4, -0.2) is 42.5 Å². The highest BCUT2D eigenvalue weighted by Gasteiger charge is 2.30. The Kier molecular flexibility index (Phi) is 7.29. The van der Waals surface area contributed by atoms with Crippen LogP contribution in [0.4, 0.5) is 0 Å². The van der Waals surface area contributed by atoms with E-state index >= 15 is 0 Å². The molecule has 2 aromatic rings. The standard InChI is InChI=1S/C20H29N2O4PS/c1-5-22(6-2)12-15-9-10-17(24-14-27(23,25-7-3)26-8-4)19-16(15)11-18-20(19)21-13-28-18/h9-10,13H,5-8,11-12,14H2,1-4H3. The lowest BCUT2D eigenvalue weighted by Crippen LogP contribution is -2.22. The first kappa shape index (κ1) is 21.5. The molecule has 0 unspecified atom stereocenters. The van der Waals surface area contributed by atoms with Crippen LogP contribution in [0.25, 0.3) is 11.3 Å². The maximum Gasteiger partial charge on any atom is 0.367 e. The van der Waals surface area contributed by atoms with Crippen LogP contribution in [0, 0.1) is 0 Å². The van der Waals surface area contributed by atoms with Gasteiger partial charge in [0.1, 0.15) is 5.75 Å². The van der Waals surface area contributed by atoms with Gasteiger partial charge < -0.3 is 13.8 Å². The van der Waals surface area contributed by atoms with Gasteiger partial charge in [0, 0.05) is 23.4 Å². The molecule has 0 saturated carbocycles. The molecule has 3 rings (SSSR count). The Balaban J connectivity index is 1.91. The van der Waals surface area contributed by atoms with E-state index in [0.29, 0.717) is 19.0 Å². The summed E-state index contributed by atoms with van der Waals surface area (Å²) in [4.78, 5) is 8.22. The lowest BCUT2D eigenvalue weighted by molar-refractivity contribution is 0.197. The van der Waals surface area contributed by atoms with Gasteiger partial charge in [-0.25, -0.2) is 4.98 Å². The van der Waals surface area contributed by atoms with Crippen LogP contribution in [0.3, 0.4) is 0 Å². The van der Waals surface area contributed by atoms with Crippen molar-refractivity contribution >= 4 is 18.9 Å². The Morgan fingerprint density at radius 2 is 1.86 bits per heavy atom. The summed E-state index contributed by atoms with van der Waals surface area (Å²) in [5, 5.41) is 0. The van der Waals surface area contributed by atoms with Crippen molar-refractivity contribution in [3.05, 3.63) is 33.6 Å². The van der Waals surface area contributed by atoms with E-state index in [0.717, 1.165) is 37.3 Å². The Labute approximate surface area is 171 Å². The first-order valence-corrected chi connectivity index (χ1v) is 12.5. The van der Waals surface area contributed by atoms with Crippen LogP contribution >= 0.6 is 18.9 Å². The maximum absolute atomic E-state index is 12.8. The predicted octanol–water partition coefficient (Wildman–Crippen LogP) is 5.16. The summed E-state index contributed by atoms with van der Waals surface area (Å²) in [6, 6.07) is 4.09. The molecule has 0 atom stereocenters. The first-order chi connectivity index (χ1) is 13.5. The van der Waals surface area contributed by atoms with Crippen LogP contribution in [0.1, 0.15) is 43.7 Å². The third-order valence-corrected chi connectivity index (χ3v) is 7.49. The fourth-order valence-corrected chi connectivity index (χ4v) is 5.59. The summed E-state index contributed by atoms with van der Waals surface area (Å²) in [6.45, 7) is 11.5. The fourth-order valence-electron chi connectivity index (χ4n) is 3.50. The summed E-state index contributed by atoms with van der Waals surface area (Å²) >= 11 is 1.67. The number of ether oxygens (including phenoxy) is 1. The summed E-state index contributed by atoms with van der Waals surface area (Å²) in [6.07, 6.45) is 0.772. The van der Waals surface area contributed by atoms with Gasteiger partial charge in [0.2, 0.25) is 0 Å². The largest absolute Gasteiger partial charge is 0.480 e. The van der Waals surface area contributed by atoms with Crippen molar-refractivity contribution in [2.75, 3.05) is 32.7 Å². The zero-order valence-corrected chi connectivity index (χ0v) is 18.8. The molecule has 1 aromatic heterocycles. The van der Waals surface area contributed by atoms with Crippen LogP contribution < -0.4 is 4.74 Å². The zero-order valence-electron chi connectivity index (χ0n) is 17.1. The molecule has 1 heterocycles. The fraction of sp³-hybridized carbons (Fsp3) is 0.550. The molecule has 0 bridgehead atoms. The quantitative estimate of drug-likeness (QED) is 0.396. The van der Waals surface area contributed by atoms with E-state index in [-0.39, 0.29) is 6.35 Å². The monoisotopic (exact) mass is 424 g/mol. The Morgan fingerprint density at radius 1 is 1.14 bits per heavy atom. The number of aromatic nitrogens is 1. The summed E-state index contributed by atoms with van der Waals surface area (Å²) in [5.74, 6) is 0.697. The van der Waals surface area contributed by atoms with E-state index in [1.165, 1.54) is 16.0 Å². The van der Waals surface area contributed by atoms with Gasteiger partial charge in [-0.05, 0) is 44.1 Å². The minimum atomic E-state index is -3.27. The summed E-state index contributed by atoms with van der Waals surface area (Å²) < 4.78 is 29.5. The third-order valence-electron chi connectivity index (χ3n) is 4.90. The van der Waals surface area contributed by atoms with Crippen LogP contribution in [0.2, 0.25) is 0 Å². The maximum atomic E-state index is 12.8. The number of hydrogen-bond acceptors (Lipinski definition) is 7. The van der Waals surface area contributed by atoms with E-state index in [2.05, 4.69) is 29.8 Å². The van der Waals surface area contributed by atoms with E-state index < -0.39 is 7.60 Å². The highest BCUT2D eigenvalue weighted by molar-refractivity contribution is 7.53.